The molecule has 0 unspecified atom stereocenters. The summed E-state index contributed by atoms with van der Waals surface area (Å²) < 4.78 is 11.2. The number of carboxylic acids is 1. The van der Waals surface area contributed by atoms with Gasteiger partial charge in [-0.1, -0.05) is 17.3 Å². The number of rotatable bonds is 6. The van der Waals surface area contributed by atoms with Crippen molar-refractivity contribution in [2.45, 2.75) is 39.7 Å². The Kier molecular flexibility index (Phi) is 6.43. The maximum atomic E-state index is 11.1. The van der Waals surface area contributed by atoms with Crippen LogP contribution in [-0.4, -0.2) is 51.9 Å². The van der Waals surface area contributed by atoms with Gasteiger partial charge in [0, 0.05) is 24.2 Å². The summed E-state index contributed by atoms with van der Waals surface area (Å²) in [7, 11) is 0. The molecule has 0 bridgehead atoms. The molecule has 170 valence electrons. The molecule has 0 saturated carbocycles. The summed E-state index contributed by atoms with van der Waals surface area (Å²) in [6.45, 7) is 7.34. The number of carbonyl (C=O) groups is 1. The first-order chi connectivity index (χ1) is 15.9. The van der Waals surface area contributed by atoms with Gasteiger partial charge in [-0.25, -0.2) is 0 Å². The van der Waals surface area contributed by atoms with Crippen molar-refractivity contribution < 1.29 is 19.2 Å². The fourth-order valence-electron chi connectivity index (χ4n) is 4.20. The van der Waals surface area contributed by atoms with E-state index in [1.165, 1.54) is 11.1 Å². The molecule has 0 fully saturated rings. The summed E-state index contributed by atoms with van der Waals surface area (Å²) in [5, 5.41) is 22.8. The van der Waals surface area contributed by atoms with E-state index in [-0.39, 0.29) is 12.6 Å². The van der Waals surface area contributed by atoms with Crippen LogP contribution in [0.1, 0.15) is 36.1 Å². The van der Waals surface area contributed by atoms with Crippen LogP contribution in [0.3, 0.4) is 0 Å². The monoisotopic (exact) mass is 446 g/mol. The average Bonchev–Trinajstić information content (AvgIpc) is 3.16. The molecular weight excluding hydrogens is 420 g/mol. The Morgan fingerprint density at radius 3 is 2.79 bits per heavy atom. The lowest BCUT2D eigenvalue weighted by atomic mass is 9.93. The second-order valence-corrected chi connectivity index (χ2v) is 8.46. The molecule has 8 nitrogen and oxygen atoms in total. The second-order valence-electron chi connectivity index (χ2n) is 8.46. The van der Waals surface area contributed by atoms with Crippen molar-refractivity contribution in [1.29, 1.82) is 5.26 Å². The normalized spacial score (nSPS) is 13.9. The minimum atomic E-state index is -0.805. The summed E-state index contributed by atoms with van der Waals surface area (Å²) in [6.07, 6.45) is 1.55. The minimum Gasteiger partial charge on any atom is -0.490 e. The molecule has 2 heterocycles. The van der Waals surface area contributed by atoms with Crippen LogP contribution < -0.4 is 4.74 Å². The smallest absolute Gasteiger partial charge is 0.317 e. The maximum absolute atomic E-state index is 11.1. The van der Waals surface area contributed by atoms with E-state index in [2.05, 4.69) is 22.3 Å². The SMILES string of the molecule is Cc1c(-c2noc(-c3ccc(OC(C)C)c(C#N)c3)n2)ccc2c1CCN(CC(=O)O)CC2. The number of fused-ring (bicyclic) bond motifs is 1. The number of nitriles is 1. The molecule has 2 aromatic carbocycles. The summed E-state index contributed by atoms with van der Waals surface area (Å²) in [5.41, 5.74) is 5.47. The fraction of sp³-hybridized carbons (Fsp3) is 0.360. The van der Waals surface area contributed by atoms with Crippen LogP contribution in [0.25, 0.3) is 22.8 Å². The predicted octanol–water partition coefficient (Wildman–Crippen LogP) is 3.86. The predicted molar refractivity (Wildman–Crippen MR) is 122 cm³/mol. The van der Waals surface area contributed by atoms with E-state index in [4.69, 9.17) is 14.4 Å². The molecular formula is C25H26N4O4. The van der Waals surface area contributed by atoms with E-state index in [9.17, 15) is 10.1 Å². The van der Waals surface area contributed by atoms with Gasteiger partial charge < -0.3 is 14.4 Å². The van der Waals surface area contributed by atoms with E-state index in [1.807, 2.05) is 31.7 Å². The molecule has 3 aromatic rings. The number of aromatic nitrogens is 2. The maximum Gasteiger partial charge on any atom is 0.317 e. The number of ether oxygens (including phenoxy) is 1. The standard InChI is InChI=1S/C25H26N4O4/c1-15(2)32-22-7-5-18(12-19(22)13-26)25-27-24(28-33-25)21-6-4-17-8-10-29(14-23(30)31)11-9-20(17)16(21)3/h4-7,12,15H,8-11,14H2,1-3H3,(H,30,31). The molecule has 1 aliphatic heterocycles. The van der Waals surface area contributed by atoms with E-state index >= 15 is 0 Å². The number of carboxylic acid groups (broad SMARTS) is 1. The van der Waals surface area contributed by atoms with Crippen molar-refractivity contribution in [2.24, 2.45) is 0 Å². The molecule has 1 aromatic heterocycles. The van der Waals surface area contributed by atoms with Crippen LogP contribution >= 0.6 is 0 Å². The van der Waals surface area contributed by atoms with Crippen molar-refractivity contribution in [3.05, 3.63) is 52.6 Å². The van der Waals surface area contributed by atoms with E-state index < -0.39 is 5.97 Å². The quantitative estimate of drug-likeness (QED) is 0.607. The molecule has 0 spiro atoms. The average molecular weight is 447 g/mol. The van der Waals surface area contributed by atoms with Crippen LogP contribution in [0.2, 0.25) is 0 Å². The molecule has 0 aliphatic carbocycles. The third-order valence-corrected chi connectivity index (χ3v) is 5.81. The number of benzene rings is 2. The van der Waals surface area contributed by atoms with Gasteiger partial charge in [0.15, 0.2) is 0 Å². The lowest BCUT2D eigenvalue weighted by Crippen LogP contribution is -2.31. The number of hydrogen-bond donors (Lipinski definition) is 1. The van der Waals surface area contributed by atoms with Crippen molar-refractivity contribution >= 4 is 5.97 Å². The van der Waals surface area contributed by atoms with Crippen molar-refractivity contribution in [3.63, 3.8) is 0 Å². The van der Waals surface area contributed by atoms with Gasteiger partial charge in [-0.2, -0.15) is 10.2 Å². The van der Waals surface area contributed by atoms with Crippen molar-refractivity contribution in [2.75, 3.05) is 19.6 Å². The number of nitrogens with zero attached hydrogens (tertiary/aromatic N) is 4. The van der Waals surface area contributed by atoms with Crippen molar-refractivity contribution in [3.8, 4) is 34.7 Å². The van der Waals surface area contributed by atoms with Gasteiger partial charge in [-0.05, 0) is 68.5 Å². The van der Waals surface area contributed by atoms with Crippen LogP contribution in [0.4, 0.5) is 0 Å². The van der Waals surface area contributed by atoms with Gasteiger partial charge in [0.1, 0.15) is 11.8 Å². The largest absolute Gasteiger partial charge is 0.490 e. The van der Waals surface area contributed by atoms with Gasteiger partial charge in [-0.15, -0.1) is 0 Å². The third-order valence-electron chi connectivity index (χ3n) is 5.81. The Labute approximate surface area is 192 Å². The Balaban J connectivity index is 1.61. The van der Waals surface area contributed by atoms with Gasteiger partial charge >= 0.3 is 5.97 Å². The number of hydrogen-bond acceptors (Lipinski definition) is 7. The highest BCUT2D eigenvalue weighted by atomic mass is 16.5. The van der Waals surface area contributed by atoms with Gasteiger partial charge in [0.25, 0.3) is 5.89 Å². The molecule has 0 amide bonds. The van der Waals surface area contributed by atoms with Crippen molar-refractivity contribution in [1.82, 2.24) is 15.0 Å². The van der Waals surface area contributed by atoms with Crippen LogP contribution in [-0.2, 0) is 17.6 Å². The Morgan fingerprint density at radius 2 is 2.06 bits per heavy atom. The lowest BCUT2D eigenvalue weighted by molar-refractivity contribution is -0.138. The first-order valence-electron chi connectivity index (χ1n) is 11.0. The highest BCUT2D eigenvalue weighted by molar-refractivity contribution is 5.69. The number of aliphatic carboxylic acids is 1. The highest BCUT2D eigenvalue weighted by Crippen LogP contribution is 2.31. The molecule has 1 N–H and O–H groups in total. The summed E-state index contributed by atoms with van der Waals surface area (Å²) >= 11 is 0. The zero-order valence-corrected chi connectivity index (χ0v) is 19.0. The molecule has 33 heavy (non-hydrogen) atoms. The van der Waals surface area contributed by atoms with Crippen LogP contribution in [0.5, 0.6) is 5.75 Å². The molecule has 0 radical (unpaired) electrons. The van der Waals surface area contributed by atoms with Gasteiger partial charge in [0.05, 0.1) is 18.2 Å². The van der Waals surface area contributed by atoms with E-state index in [0.29, 0.717) is 35.1 Å². The van der Waals surface area contributed by atoms with E-state index in [1.54, 1.807) is 18.2 Å². The Bertz CT molecular complexity index is 1230. The van der Waals surface area contributed by atoms with Crippen LogP contribution in [0.15, 0.2) is 34.9 Å². The minimum absolute atomic E-state index is 0.0367. The Hall–Kier alpha value is -3.70. The first-order valence-corrected chi connectivity index (χ1v) is 11.0. The molecule has 4 rings (SSSR count). The zero-order chi connectivity index (χ0) is 23.5. The molecule has 0 saturated heterocycles. The lowest BCUT2D eigenvalue weighted by Gasteiger charge is -2.16. The summed E-state index contributed by atoms with van der Waals surface area (Å²) in [6, 6.07) is 11.5. The highest BCUT2D eigenvalue weighted by Gasteiger charge is 2.21. The molecule has 0 atom stereocenters. The molecule has 8 heteroatoms. The zero-order valence-electron chi connectivity index (χ0n) is 19.0. The van der Waals surface area contributed by atoms with Crippen LogP contribution in [0, 0.1) is 18.3 Å². The summed E-state index contributed by atoms with van der Waals surface area (Å²) in [4.78, 5) is 17.6. The first kappa shape index (κ1) is 22.5. The Morgan fingerprint density at radius 1 is 1.27 bits per heavy atom. The topological polar surface area (TPSA) is 112 Å². The second kappa shape index (κ2) is 9.43. The van der Waals surface area contributed by atoms with Gasteiger partial charge in [-0.3, -0.25) is 9.69 Å². The summed E-state index contributed by atoms with van der Waals surface area (Å²) in [5.74, 6) is 0.535. The van der Waals surface area contributed by atoms with Gasteiger partial charge in [0.2, 0.25) is 5.82 Å². The van der Waals surface area contributed by atoms with E-state index in [0.717, 1.165) is 30.5 Å². The molecule has 1 aliphatic rings. The third kappa shape index (κ3) is 4.89. The fourth-order valence-corrected chi connectivity index (χ4v) is 4.20.